The molecule has 2 aromatic rings. The smallest absolute Gasteiger partial charge is 0.126 e. The molecule has 0 heterocycles. The molecule has 0 aliphatic rings. The molecular formula is C17H20FN. The summed E-state index contributed by atoms with van der Waals surface area (Å²) in [5.41, 5.74) is 3.30. The Kier molecular flexibility index (Phi) is 4.69. The van der Waals surface area contributed by atoms with Crippen LogP contribution in [0.25, 0.3) is 0 Å². The van der Waals surface area contributed by atoms with E-state index in [1.54, 1.807) is 6.07 Å². The van der Waals surface area contributed by atoms with Crippen molar-refractivity contribution in [2.24, 2.45) is 0 Å². The second-order valence-electron chi connectivity index (χ2n) is 4.93. The van der Waals surface area contributed by atoms with Crippen LogP contribution in [-0.2, 0) is 6.42 Å². The van der Waals surface area contributed by atoms with Gasteiger partial charge in [0.15, 0.2) is 0 Å². The number of hydrogen-bond acceptors (Lipinski definition) is 1. The quantitative estimate of drug-likeness (QED) is 0.852. The van der Waals surface area contributed by atoms with Crippen LogP contribution in [0.4, 0.5) is 4.39 Å². The maximum atomic E-state index is 13.5. The van der Waals surface area contributed by atoms with Gasteiger partial charge in [0.05, 0.1) is 0 Å². The van der Waals surface area contributed by atoms with Gasteiger partial charge in [-0.25, -0.2) is 4.39 Å². The number of benzene rings is 2. The van der Waals surface area contributed by atoms with Crippen molar-refractivity contribution in [3.8, 4) is 0 Å². The van der Waals surface area contributed by atoms with Gasteiger partial charge in [0.2, 0.25) is 0 Å². The van der Waals surface area contributed by atoms with Crippen molar-refractivity contribution in [1.29, 1.82) is 0 Å². The highest BCUT2D eigenvalue weighted by Gasteiger charge is 2.05. The summed E-state index contributed by atoms with van der Waals surface area (Å²) in [5.74, 6) is -0.118. The monoisotopic (exact) mass is 257 g/mol. The van der Waals surface area contributed by atoms with Gasteiger partial charge in [-0.05, 0) is 44.0 Å². The molecule has 0 aliphatic carbocycles. The Bertz CT molecular complexity index is 519. The summed E-state index contributed by atoms with van der Waals surface area (Å²) in [6, 6.07) is 15.7. The van der Waals surface area contributed by atoms with Crippen LogP contribution in [0.1, 0.15) is 29.7 Å². The molecule has 0 saturated carbocycles. The number of halogens is 1. The van der Waals surface area contributed by atoms with Gasteiger partial charge in [0, 0.05) is 6.04 Å². The zero-order chi connectivity index (χ0) is 13.7. The Morgan fingerprint density at radius 2 is 1.74 bits per heavy atom. The minimum Gasteiger partial charge on any atom is -0.310 e. The van der Waals surface area contributed by atoms with Crippen LogP contribution in [0, 0.1) is 12.7 Å². The van der Waals surface area contributed by atoms with E-state index in [9.17, 15) is 4.39 Å². The van der Waals surface area contributed by atoms with E-state index in [2.05, 4.69) is 43.4 Å². The van der Waals surface area contributed by atoms with Crippen molar-refractivity contribution in [3.05, 3.63) is 71.0 Å². The normalized spacial score (nSPS) is 12.4. The van der Waals surface area contributed by atoms with Crippen molar-refractivity contribution in [1.82, 2.24) is 5.32 Å². The third-order valence-corrected chi connectivity index (χ3v) is 3.38. The van der Waals surface area contributed by atoms with Crippen molar-refractivity contribution >= 4 is 0 Å². The molecule has 2 rings (SSSR count). The van der Waals surface area contributed by atoms with Crippen molar-refractivity contribution in [2.45, 2.75) is 26.3 Å². The van der Waals surface area contributed by atoms with Crippen molar-refractivity contribution in [2.75, 3.05) is 6.54 Å². The van der Waals surface area contributed by atoms with Crippen LogP contribution in [-0.4, -0.2) is 6.54 Å². The fourth-order valence-electron chi connectivity index (χ4n) is 2.10. The third kappa shape index (κ3) is 3.90. The molecule has 2 aromatic carbocycles. The van der Waals surface area contributed by atoms with Gasteiger partial charge in [-0.1, -0.05) is 48.0 Å². The summed E-state index contributed by atoms with van der Waals surface area (Å²) in [4.78, 5) is 0. The number of aryl methyl sites for hydroxylation is 1. The van der Waals surface area contributed by atoms with Crippen molar-refractivity contribution in [3.63, 3.8) is 0 Å². The van der Waals surface area contributed by atoms with E-state index in [0.717, 1.165) is 12.1 Å². The fraction of sp³-hybridized carbons (Fsp3) is 0.294. The predicted octanol–water partition coefficient (Wildman–Crippen LogP) is 4.03. The lowest BCUT2D eigenvalue weighted by molar-refractivity contribution is 0.559. The van der Waals surface area contributed by atoms with E-state index >= 15 is 0 Å². The Balaban J connectivity index is 1.86. The molecule has 1 unspecified atom stereocenters. The van der Waals surface area contributed by atoms with Gasteiger partial charge in [-0.2, -0.15) is 0 Å². The first-order valence-electron chi connectivity index (χ1n) is 6.70. The van der Waals surface area contributed by atoms with Crippen LogP contribution >= 0.6 is 0 Å². The molecule has 0 bridgehead atoms. The Morgan fingerprint density at radius 3 is 2.42 bits per heavy atom. The highest BCUT2D eigenvalue weighted by molar-refractivity contribution is 5.23. The molecule has 0 fully saturated rings. The average Bonchev–Trinajstić information content (AvgIpc) is 2.41. The first kappa shape index (κ1) is 13.8. The highest BCUT2D eigenvalue weighted by Crippen LogP contribution is 2.13. The van der Waals surface area contributed by atoms with Gasteiger partial charge in [-0.3, -0.25) is 0 Å². The summed E-state index contributed by atoms with van der Waals surface area (Å²) in [6.07, 6.45) is 0.711. The lowest BCUT2D eigenvalue weighted by atomic mass is 10.1. The van der Waals surface area contributed by atoms with E-state index < -0.39 is 0 Å². The Morgan fingerprint density at radius 1 is 1.05 bits per heavy atom. The van der Waals surface area contributed by atoms with E-state index in [1.165, 1.54) is 17.2 Å². The highest BCUT2D eigenvalue weighted by atomic mass is 19.1. The SMILES string of the molecule is Cc1ccc(C(C)NCCc2ccccc2F)cc1. The average molecular weight is 257 g/mol. The lowest BCUT2D eigenvalue weighted by Gasteiger charge is -2.14. The summed E-state index contributed by atoms with van der Waals surface area (Å²) in [7, 11) is 0. The first-order valence-corrected chi connectivity index (χ1v) is 6.70. The second kappa shape index (κ2) is 6.48. The predicted molar refractivity (Wildman–Crippen MR) is 77.7 cm³/mol. The summed E-state index contributed by atoms with van der Waals surface area (Å²) < 4.78 is 13.5. The number of nitrogens with one attached hydrogen (secondary N) is 1. The van der Waals surface area contributed by atoms with Crippen molar-refractivity contribution < 1.29 is 4.39 Å². The topological polar surface area (TPSA) is 12.0 Å². The van der Waals surface area contributed by atoms with Gasteiger partial charge < -0.3 is 5.32 Å². The standard InChI is InChI=1S/C17H20FN/c1-13-7-9-15(10-8-13)14(2)19-12-11-16-5-3-4-6-17(16)18/h3-10,14,19H,11-12H2,1-2H3. The molecule has 19 heavy (non-hydrogen) atoms. The van der Waals surface area contributed by atoms with E-state index in [1.807, 2.05) is 12.1 Å². The lowest BCUT2D eigenvalue weighted by Crippen LogP contribution is -2.21. The maximum absolute atomic E-state index is 13.5. The minimum atomic E-state index is -0.118. The molecule has 0 aromatic heterocycles. The van der Waals surface area contributed by atoms with Crippen LogP contribution in [0.3, 0.4) is 0 Å². The number of hydrogen-bond donors (Lipinski definition) is 1. The molecule has 1 nitrogen and oxygen atoms in total. The van der Waals surface area contributed by atoms with E-state index in [0.29, 0.717) is 6.42 Å². The largest absolute Gasteiger partial charge is 0.310 e. The fourth-order valence-corrected chi connectivity index (χ4v) is 2.10. The van der Waals surface area contributed by atoms with Crippen LogP contribution in [0.2, 0.25) is 0 Å². The number of rotatable bonds is 5. The van der Waals surface area contributed by atoms with E-state index in [-0.39, 0.29) is 11.9 Å². The van der Waals surface area contributed by atoms with Gasteiger partial charge in [0.25, 0.3) is 0 Å². The second-order valence-corrected chi connectivity index (χ2v) is 4.93. The summed E-state index contributed by atoms with van der Waals surface area (Å²) in [5, 5.41) is 3.43. The zero-order valence-corrected chi connectivity index (χ0v) is 11.5. The molecule has 1 atom stereocenters. The summed E-state index contributed by atoms with van der Waals surface area (Å²) >= 11 is 0. The summed E-state index contributed by atoms with van der Waals surface area (Å²) in [6.45, 7) is 4.99. The van der Waals surface area contributed by atoms with Crippen LogP contribution in [0.5, 0.6) is 0 Å². The molecule has 0 spiro atoms. The molecule has 0 saturated heterocycles. The Labute approximate surface area is 114 Å². The molecule has 100 valence electrons. The molecule has 2 heteroatoms. The maximum Gasteiger partial charge on any atom is 0.126 e. The third-order valence-electron chi connectivity index (χ3n) is 3.38. The molecule has 1 N–H and O–H groups in total. The molecule has 0 radical (unpaired) electrons. The van der Waals surface area contributed by atoms with Crippen LogP contribution < -0.4 is 5.32 Å². The van der Waals surface area contributed by atoms with Crippen LogP contribution in [0.15, 0.2) is 48.5 Å². The minimum absolute atomic E-state index is 0.118. The van der Waals surface area contributed by atoms with Gasteiger partial charge in [0.1, 0.15) is 5.82 Å². The van der Waals surface area contributed by atoms with Gasteiger partial charge >= 0.3 is 0 Å². The zero-order valence-electron chi connectivity index (χ0n) is 11.5. The van der Waals surface area contributed by atoms with E-state index in [4.69, 9.17) is 0 Å². The molecule has 0 amide bonds. The molecule has 0 aliphatic heterocycles. The Hall–Kier alpha value is -1.67. The van der Waals surface area contributed by atoms with Gasteiger partial charge in [-0.15, -0.1) is 0 Å². The first-order chi connectivity index (χ1) is 9.16. The molecular weight excluding hydrogens is 237 g/mol.